The van der Waals surface area contributed by atoms with Crippen molar-refractivity contribution in [1.82, 2.24) is 0 Å². The molecule has 3 aliphatic rings. The van der Waals surface area contributed by atoms with Gasteiger partial charge in [-0.25, -0.2) is 0 Å². The predicted molar refractivity (Wildman–Crippen MR) is 114 cm³/mol. The fourth-order valence-electron chi connectivity index (χ4n) is 5.77. The van der Waals surface area contributed by atoms with Gasteiger partial charge in [0, 0.05) is 17.1 Å². The number of rotatable bonds is 3. The molecular weight excluding hydrogens is 446 g/mol. The van der Waals surface area contributed by atoms with Gasteiger partial charge in [0.05, 0.1) is 23.5 Å². The van der Waals surface area contributed by atoms with Crippen LogP contribution in [0.2, 0.25) is 0 Å². The maximum Gasteiger partial charge on any atom is 0.230 e. The van der Waals surface area contributed by atoms with Gasteiger partial charge in [0.1, 0.15) is 23.2 Å². The minimum Gasteiger partial charge on any atom is -0.507 e. The van der Waals surface area contributed by atoms with E-state index < -0.39 is 52.7 Å². The third-order valence-electron chi connectivity index (χ3n) is 7.33. The van der Waals surface area contributed by atoms with Crippen molar-refractivity contribution in [2.45, 2.75) is 31.0 Å². The number of phenolic OH excluding ortho intramolecular Hbond substituents is 1. The molecular formula is C24H21NO9. The Morgan fingerprint density at radius 3 is 2.59 bits per heavy atom. The lowest BCUT2D eigenvalue weighted by atomic mass is 9.56. The Morgan fingerprint density at radius 1 is 1.18 bits per heavy atom. The second-order valence-electron chi connectivity index (χ2n) is 9.05. The number of nitrogens with two attached hydrogens (primary N) is 1. The largest absolute Gasteiger partial charge is 0.507 e. The molecule has 5 atom stereocenters. The van der Waals surface area contributed by atoms with Crippen LogP contribution >= 0.6 is 0 Å². The number of aliphatic hydroxyl groups excluding tert-OH is 2. The van der Waals surface area contributed by atoms with Gasteiger partial charge in [-0.1, -0.05) is 0 Å². The summed E-state index contributed by atoms with van der Waals surface area (Å²) >= 11 is 0. The van der Waals surface area contributed by atoms with Crippen LogP contribution in [0.5, 0.6) is 5.75 Å². The second kappa shape index (κ2) is 7.37. The highest BCUT2D eigenvalue weighted by atomic mass is 16.3. The minimum absolute atomic E-state index is 0.0448. The van der Waals surface area contributed by atoms with Gasteiger partial charge >= 0.3 is 0 Å². The highest BCUT2D eigenvalue weighted by Gasteiger charge is 2.64. The summed E-state index contributed by atoms with van der Waals surface area (Å²) in [7, 11) is 0. The van der Waals surface area contributed by atoms with Crippen LogP contribution < -0.4 is 5.73 Å². The predicted octanol–water partition coefficient (Wildman–Crippen LogP) is 0.661. The van der Waals surface area contributed by atoms with Crippen molar-refractivity contribution < 1.29 is 44.0 Å². The van der Waals surface area contributed by atoms with Gasteiger partial charge in [0.25, 0.3) is 0 Å². The molecule has 1 aromatic carbocycles. The van der Waals surface area contributed by atoms with Crippen LogP contribution in [0.15, 0.2) is 34.5 Å². The van der Waals surface area contributed by atoms with Crippen LogP contribution in [0.3, 0.4) is 0 Å². The standard InChI is InChI=1S/C24H21NO9/c25-23(32)18-15(28)7-11-5-10-6-13-12(20-9(8-26)3-4-34-20)1-2-14(27)17(13)19(29)16(10)21(30)24(11,33)22(18)31/h1-4,8,10-11,15,18,27-29,33H,5-7H2,(H2,25,32)/t10-,11+,15?,18?,24+/m1/s1. The summed E-state index contributed by atoms with van der Waals surface area (Å²) in [5, 5.41) is 43.2. The Balaban J connectivity index is 1.68. The van der Waals surface area contributed by atoms with Crippen LogP contribution in [0.1, 0.15) is 34.3 Å². The molecule has 10 nitrogen and oxygen atoms in total. The molecule has 0 spiro atoms. The molecule has 2 unspecified atom stereocenters. The first-order valence-electron chi connectivity index (χ1n) is 10.7. The van der Waals surface area contributed by atoms with Gasteiger partial charge in [0.15, 0.2) is 17.7 Å². The van der Waals surface area contributed by atoms with E-state index in [-0.39, 0.29) is 47.5 Å². The Morgan fingerprint density at radius 2 is 1.91 bits per heavy atom. The number of aldehydes is 1. The molecule has 10 heteroatoms. The number of carbonyl (C=O) groups excluding carboxylic acids is 4. The zero-order valence-corrected chi connectivity index (χ0v) is 17.7. The van der Waals surface area contributed by atoms with Crippen LogP contribution in [0.4, 0.5) is 0 Å². The van der Waals surface area contributed by atoms with E-state index in [1.807, 2.05) is 0 Å². The summed E-state index contributed by atoms with van der Waals surface area (Å²) in [6.07, 6.45) is 0.450. The van der Waals surface area contributed by atoms with Gasteiger partial charge in [-0.15, -0.1) is 0 Å². The average Bonchev–Trinajstić information content (AvgIpc) is 3.24. The molecule has 5 rings (SSSR count). The number of fused-ring (bicyclic) bond motifs is 3. The van der Waals surface area contributed by atoms with Gasteiger partial charge in [-0.3, -0.25) is 19.2 Å². The van der Waals surface area contributed by atoms with E-state index in [9.17, 15) is 39.6 Å². The quantitative estimate of drug-likeness (QED) is 0.319. The molecule has 0 aliphatic heterocycles. The molecule has 6 N–H and O–H groups in total. The number of carbonyl (C=O) groups is 4. The molecule has 1 amide bonds. The van der Waals surface area contributed by atoms with E-state index in [0.717, 1.165) is 0 Å². The van der Waals surface area contributed by atoms with Crippen molar-refractivity contribution >= 4 is 29.5 Å². The summed E-state index contributed by atoms with van der Waals surface area (Å²) in [5.74, 6) is -7.55. The monoisotopic (exact) mass is 467 g/mol. The van der Waals surface area contributed by atoms with E-state index in [0.29, 0.717) is 17.4 Å². The van der Waals surface area contributed by atoms with Gasteiger partial charge in [-0.2, -0.15) is 0 Å². The lowest BCUT2D eigenvalue weighted by molar-refractivity contribution is -0.174. The van der Waals surface area contributed by atoms with E-state index >= 15 is 0 Å². The third-order valence-corrected chi connectivity index (χ3v) is 7.33. The fourth-order valence-corrected chi connectivity index (χ4v) is 5.77. The second-order valence-corrected chi connectivity index (χ2v) is 9.05. The van der Waals surface area contributed by atoms with E-state index in [1.165, 1.54) is 24.5 Å². The first-order valence-corrected chi connectivity index (χ1v) is 10.7. The molecule has 34 heavy (non-hydrogen) atoms. The maximum atomic E-state index is 13.5. The summed E-state index contributed by atoms with van der Waals surface area (Å²) in [6.45, 7) is 0. The van der Waals surface area contributed by atoms with Crippen molar-refractivity contribution in [3.63, 3.8) is 0 Å². The fraction of sp³-hybridized carbons (Fsp3) is 0.333. The minimum atomic E-state index is -2.63. The highest BCUT2D eigenvalue weighted by molar-refractivity contribution is 6.24. The first-order chi connectivity index (χ1) is 16.1. The number of hydrogen-bond donors (Lipinski definition) is 5. The number of ketones is 2. The zero-order chi connectivity index (χ0) is 24.5. The first kappa shape index (κ1) is 22.1. The lowest BCUT2D eigenvalue weighted by Crippen LogP contribution is -2.66. The number of amides is 1. The van der Waals surface area contributed by atoms with Crippen molar-refractivity contribution in [3.05, 3.63) is 46.7 Å². The van der Waals surface area contributed by atoms with Crippen LogP contribution in [-0.4, -0.2) is 55.9 Å². The molecule has 0 saturated heterocycles. The topological polar surface area (TPSA) is 188 Å². The van der Waals surface area contributed by atoms with Crippen molar-refractivity contribution in [2.24, 2.45) is 23.5 Å². The molecule has 1 heterocycles. The number of primary amides is 1. The van der Waals surface area contributed by atoms with Gasteiger partial charge in [-0.05, 0) is 48.9 Å². The zero-order valence-electron chi connectivity index (χ0n) is 17.7. The normalized spacial score (nSPS) is 30.4. The molecule has 0 radical (unpaired) electrons. The Kier molecular flexibility index (Phi) is 4.78. The van der Waals surface area contributed by atoms with Crippen LogP contribution in [-0.2, 0) is 20.8 Å². The highest BCUT2D eigenvalue weighted by Crippen LogP contribution is 2.52. The maximum absolute atomic E-state index is 13.5. The number of aromatic hydroxyl groups is 1. The lowest BCUT2D eigenvalue weighted by Gasteiger charge is -2.48. The molecule has 0 bridgehead atoms. The van der Waals surface area contributed by atoms with Crippen molar-refractivity contribution in [3.8, 4) is 17.1 Å². The Hall–Kier alpha value is -3.76. The molecule has 1 aromatic heterocycles. The number of furan rings is 1. The molecule has 2 saturated carbocycles. The van der Waals surface area contributed by atoms with Crippen molar-refractivity contribution in [1.29, 1.82) is 0 Å². The van der Waals surface area contributed by atoms with Crippen molar-refractivity contribution in [2.75, 3.05) is 0 Å². The summed E-state index contributed by atoms with van der Waals surface area (Å²) in [4.78, 5) is 49.6. The number of benzene rings is 1. The molecule has 2 fully saturated rings. The third kappa shape index (κ3) is 2.75. The summed E-state index contributed by atoms with van der Waals surface area (Å²) < 4.78 is 5.47. The average molecular weight is 467 g/mol. The van der Waals surface area contributed by atoms with E-state index in [1.54, 1.807) is 0 Å². The summed E-state index contributed by atoms with van der Waals surface area (Å²) in [6, 6.07) is 4.28. The molecule has 176 valence electrons. The van der Waals surface area contributed by atoms with Crippen LogP contribution in [0, 0.1) is 17.8 Å². The molecule has 2 aromatic rings. The van der Waals surface area contributed by atoms with Gasteiger partial charge < -0.3 is 30.6 Å². The Labute approximate surface area is 192 Å². The smallest absolute Gasteiger partial charge is 0.230 e. The van der Waals surface area contributed by atoms with E-state index in [2.05, 4.69) is 0 Å². The van der Waals surface area contributed by atoms with Gasteiger partial charge in [0.2, 0.25) is 11.7 Å². The number of Topliss-reactive ketones (excluding diaryl/α,β-unsaturated/α-hetero) is 2. The summed E-state index contributed by atoms with van der Waals surface area (Å²) in [5.41, 5.74) is 3.43. The number of phenols is 1. The number of aliphatic hydroxyl groups is 3. The molecule has 3 aliphatic carbocycles. The SMILES string of the molecule is NC(=O)C1C(=O)[C@@]2(O)C(=O)C3=C(O)c4c(O)ccc(-c5occc5C=O)c4C[C@H]3C[C@H]2CC1O. The van der Waals surface area contributed by atoms with Crippen LogP contribution in [0.25, 0.3) is 17.1 Å². The van der Waals surface area contributed by atoms with E-state index in [4.69, 9.17) is 10.2 Å². The Bertz CT molecular complexity index is 1310. The number of hydrogen-bond acceptors (Lipinski definition) is 9.